The second-order valence-corrected chi connectivity index (χ2v) is 8.76. The van der Waals surface area contributed by atoms with Gasteiger partial charge in [-0.25, -0.2) is 0 Å². The Bertz CT molecular complexity index is 944. The molecule has 0 unspecified atom stereocenters. The molecule has 0 bridgehead atoms. The molecular formula is C25H29ClN2O3. The quantitative estimate of drug-likeness (QED) is 0.653. The van der Waals surface area contributed by atoms with Crippen LogP contribution in [0.5, 0.6) is 5.75 Å². The summed E-state index contributed by atoms with van der Waals surface area (Å²) in [5.74, 6) is 0.682. The average Bonchev–Trinajstić information content (AvgIpc) is 2.80. The molecule has 2 amide bonds. The van der Waals surface area contributed by atoms with Gasteiger partial charge in [0.2, 0.25) is 0 Å². The average molecular weight is 441 g/mol. The van der Waals surface area contributed by atoms with Gasteiger partial charge in [0, 0.05) is 41.8 Å². The lowest BCUT2D eigenvalue weighted by Gasteiger charge is -2.35. The zero-order chi connectivity index (χ0) is 21.8. The van der Waals surface area contributed by atoms with Gasteiger partial charge in [0.1, 0.15) is 5.75 Å². The van der Waals surface area contributed by atoms with Crippen molar-refractivity contribution in [2.24, 2.45) is 0 Å². The molecular weight excluding hydrogens is 412 g/mol. The standard InChI is InChI=1S/C25H29ClN2O3/c1-2-20-6-3-4-14-28(20)24(29)17-31-23-8-5-7-22-21(23)13-15-27(25(22)30)16-18-9-11-19(26)12-10-18/h5,7-12,20H,2-4,6,13-17H2,1H3/t20-/m0/s1. The molecule has 0 radical (unpaired) electrons. The third kappa shape index (κ3) is 4.87. The van der Waals surface area contributed by atoms with Gasteiger partial charge in [0.15, 0.2) is 6.61 Å². The van der Waals surface area contributed by atoms with Crippen LogP contribution in [0.4, 0.5) is 0 Å². The van der Waals surface area contributed by atoms with E-state index in [9.17, 15) is 9.59 Å². The van der Waals surface area contributed by atoms with Gasteiger partial charge in [-0.2, -0.15) is 0 Å². The molecule has 0 N–H and O–H groups in total. The van der Waals surface area contributed by atoms with Crippen LogP contribution in [0.3, 0.4) is 0 Å². The van der Waals surface area contributed by atoms with Gasteiger partial charge in [0.25, 0.3) is 11.8 Å². The number of carbonyl (C=O) groups excluding carboxylic acids is 2. The molecule has 0 aromatic heterocycles. The second-order valence-electron chi connectivity index (χ2n) is 8.32. The fraction of sp³-hybridized carbons (Fsp3) is 0.440. The van der Waals surface area contributed by atoms with Gasteiger partial charge in [-0.05, 0) is 61.9 Å². The number of nitrogens with zero attached hydrogens (tertiary/aromatic N) is 2. The minimum absolute atomic E-state index is 0.00458. The lowest BCUT2D eigenvalue weighted by Crippen LogP contribution is -2.45. The first-order valence-electron chi connectivity index (χ1n) is 11.1. The van der Waals surface area contributed by atoms with Gasteiger partial charge in [-0.1, -0.05) is 36.7 Å². The molecule has 2 aromatic rings. The number of benzene rings is 2. The number of amides is 2. The number of fused-ring (bicyclic) bond motifs is 1. The van der Waals surface area contributed by atoms with E-state index < -0.39 is 0 Å². The smallest absolute Gasteiger partial charge is 0.260 e. The summed E-state index contributed by atoms with van der Waals surface area (Å²) in [7, 11) is 0. The van der Waals surface area contributed by atoms with Crippen molar-refractivity contribution in [1.82, 2.24) is 9.80 Å². The molecule has 4 rings (SSSR count). The minimum Gasteiger partial charge on any atom is -0.483 e. The molecule has 1 fully saturated rings. The fourth-order valence-electron chi connectivity index (χ4n) is 4.61. The fourth-order valence-corrected chi connectivity index (χ4v) is 4.74. The van der Waals surface area contributed by atoms with Crippen LogP contribution in [0.1, 0.15) is 54.1 Å². The van der Waals surface area contributed by atoms with Crippen LogP contribution in [-0.2, 0) is 17.8 Å². The van der Waals surface area contributed by atoms with E-state index in [1.54, 1.807) is 0 Å². The Kier molecular flexibility index (Phi) is 6.81. The highest BCUT2D eigenvalue weighted by Crippen LogP contribution is 2.29. The monoisotopic (exact) mass is 440 g/mol. The van der Waals surface area contributed by atoms with Crippen molar-refractivity contribution < 1.29 is 14.3 Å². The third-order valence-corrected chi connectivity index (χ3v) is 6.59. The Hall–Kier alpha value is -2.53. The first-order valence-corrected chi connectivity index (χ1v) is 11.5. The van der Waals surface area contributed by atoms with E-state index in [1.165, 1.54) is 6.42 Å². The first kappa shape index (κ1) is 21.7. The summed E-state index contributed by atoms with van der Waals surface area (Å²) >= 11 is 5.96. The summed E-state index contributed by atoms with van der Waals surface area (Å²) in [6.45, 7) is 4.13. The molecule has 2 heterocycles. The molecule has 0 spiro atoms. The van der Waals surface area contributed by atoms with Crippen LogP contribution in [-0.4, -0.2) is 47.4 Å². The Morgan fingerprint density at radius 1 is 1.13 bits per heavy atom. The van der Waals surface area contributed by atoms with Crippen molar-refractivity contribution in [3.05, 3.63) is 64.2 Å². The molecule has 1 atom stereocenters. The second kappa shape index (κ2) is 9.73. The van der Waals surface area contributed by atoms with Crippen molar-refractivity contribution in [2.45, 2.75) is 51.6 Å². The molecule has 0 saturated carbocycles. The molecule has 0 aliphatic carbocycles. The largest absolute Gasteiger partial charge is 0.483 e. The van der Waals surface area contributed by atoms with Gasteiger partial charge in [-0.15, -0.1) is 0 Å². The molecule has 164 valence electrons. The van der Waals surface area contributed by atoms with Crippen molar-refractivity contribution in [3.8, 4) is 5.75 Å². The highest BCUT2D eigenvalue weighted by Gasteiger charge is 2.28. The van der Waals surface area contributed by atoms with Crippen LogP contribution in [0.15, 0.2) is 42.5 Å². The SMILES string of the molecule is CC[C@H]1CCCCN1C(=O)COc1cccc2c1CCN(Cc1ccc(Cl)cc1)C2=O. The summed E-state index contributed by atoms with van der Waals surface area (Å²) in [6.07, 6.45) is 5.00. The topological polar surface area (TPSA) is 49.9 Å². The van der Waals surface area contributed by atoms with Gasteiger partial charge in [0.05, 0.1) is 0 Å². The number of piperidine rings is 1. The Morgan fingerprint density at radius 3 is 2.71 bits per heavy atom. The van der Waals surface area contributed by atoms with E-state index in [1.807, 2.05) is 52.3 Å². The maximum atomic E-state index is 13.1. The zero-order valence-corrected chi connectivity index (χ0v) is 18.7. The van der Waals surface area contributed by atoms with Crippen LogP contribution >= 0.6 is 11.6 Å². The van der Waals surface area contributed by atoms with E-state index in [0.717, 1.165) is 36.9 Å². The molecule has 31 heavy (non-hydrogen) atoms. The van der Waals surface area contributed by atoms with E-state index in [4.69, 9.17) is 16.3 Å². The normalized spacial score (nSPS) is 18.6. The Morgan fingerprint density at radius 2 is 1.94 bits per heavy atom. The number of hydrogen-bond acceptors (Lipinski definition) is 3. The van der Waals surface area contributed by atoms with Crippen molar-refractivity contribution in [3.63, 3.8) is 0 Å². The highest BCUT2D eigenvalue weighted by molar-refractivity contribution is 6.30. The minimum atomic E-state index is -0.00458. The number of likely N-dealkylation sites (tertiary alicyclic amines) is 1. The number of rotatable bonds is 6. The number of ether oxygens (including phenoxy) is 1. The lowest BCUT2D eigenvalue weighted by atomic mass is 9.97. The molecule has 2 aliphatic heterocycles. The van der Waals surface area contributed by atoms with Gasteiger partial charge in [-0.3, -0.25) is 9.59 Å². The Labute approximate surface area is 188 Å². The molecule has 2 aromatic carbocycles. The van der Waals surface area contributed by atoms with Gasteiger partial charge >= 0.3 is 0 Å². The summed E-state index contributed by atoms with van der Waals surface area (Å²) in [5.41, 5.74) is 2.61. The Balaban J connectivity index is 1.43. The summed E-state index contributed by atoms with van der Waals surface area (Å²) in [5, 5.41) is 0.685. The van der Waals surface area contributed by atoms with Gasteiger partial charge < -0.3 is 14.5 Å². The number of halogens is 1. The molecule has 2 aliphatic rings. The predicted molar refractivity (Wildman–Crippen MR) is 121 cm³/mol. The molecule has 6 heteroatoms. The van der Waals surface area contributed by atoms with Crippen molar-refractivity contribution in [1.29, 1.82) is 0 Å². The summed E-state index contributed by atoms with van der Waals surface area (Å²) in [6, 6.07) is 13.4. The van der Waals surface area contributed by atoms with E-state index in [0.29, 0.717) is 41.9 Å². The molecule has 1 saturated heterocycles. The van der Waals surface area contributed by atoms with Crippen molar-refractivity contribution in [2.75, 3.05) is 19.7 Å². The van der Waals surface area contributed by atoms with Crippen LogP contribution in [0, 0.1) is 0 Å². The third-order valence-electron chi connectivity index (χ3n) is 6.34. The summed E-state index contributed by atoms with van der Waals surface area (Å²) in [4.78, 5) is 29.7. The maximum Gasteiger partial charge on any atom is 0.260 e. The van der Waals surface area contributed by atoms with Crippen molar-refractivity contribution >= 4 is 23.4 Å². The van der Waals surface area contributed by atoms with E-state index >= 15 is 0 Å². The van der Waals surface area contributed by atoms with Crippen LogP contribution in [0.2, 0.25) is 5.02 Å². The summed E-state index contributed by atoms with van der Waals surface area (Å²) < 4.78 is 5.95. The number of hydrogen-bond donors (Lipinski definition) is 0. The maximum absolute atomic E-state index is 13.1. The van der Waals surface area contributed by atoms with E-state index in [-0.39, 0.29) is 18.4 Å². The first-order chi connectivity index (χ1) is 15.1. The molecule has 5 nitrogen and oxygen atoms in total. The zero-order valence-electron chi connectivity index (χ0n) is 18.0. The van der Waals surface area contributed by atoms with Crippen LogP contribution < -0.4 is 4.74 Å². The highest BCUT2D eigenvalue weighted by atomic mass is 35.5. The van der Waals surface area contributed by atoms with E-state index in [2.05, 4.69) is 6.92 Å². The number of carbonyl (C=O) groups is 2. The lowest BCUT2D eigenvalue weighted by molar-refractivity contribution is -0.137. The predicted octanol–water partition coefficient (Wildman–Crippen LogP) is 4.71. The van der Waals surface area contributed by atoms with Crippen LogP contribution in [0.25, 0.3) is 0 Å².